The van der Waals surface area contributed by atoms with Crippen molar-refractivity contribution in [2.75, 3.05) is 0 Å². The smallest absolute Gasteiger partial charge is 0.313 e. The minimum atomic E-state index is -1.35. The van der Waals surface area contributed by atoms with Crippen LogP contribution in [-0.4, -0.2) is 33.0 Å². The zero-order valence-corrected chi connectivity index (χ0v) is 17.4. The molecule has 1 aromatic carbocycles. The van der Waals surface area contributed by atoms with Crippen molar-refractivity contribution in [2.45, 2.75) is 71.0 Å². The SMILES string of the molecule is CC(C)OC(=O)[C@H]1[C@H](c2ccc(C(C)(C)C)cc2)c2c([nH][nH]c2=O)C[C@@]1(C)O. The number of aromatic nitrogens is 2. The van der Waals surface area contributed by atoms with Gasteiger partial charge in [0.15, 0.2) is 0 Å². The molecule has 1 aromatic heterocycles. The van der Waals surface area contributed by atoms with Gasteiger partial charge in [0.25, 0.3) is 5.56 Å². The van der Waals surface area contributed by atoms with Crippen LogP contribution < -0.4 is 5.56 Å². The molecular formula is C22H30N2O4. The van der Waals surface area contributed by atoms with E-state index in [4.69, 9.17) is 4.74 Å². The first-order chi connectivity index (χ1) is 12.9. The number of H-pyrrole nitrogens is 2. The molecule has 152 valence electrons. The first kappa shape index (κ1) is 20.4. The van der Waals surface area contributed by atoms with Crippen LogP contribution in [0.5, 0.6) is 0 Å². The molecule has 3 N–H and O–H groups in total. The maximum Gasteiger partial charge on any atom is 0.313 e. The molecule has 0 aliphatic heterocycles. The van der Waals surface area contributed by atoms with E-state index < -0.39 is 23.4 Å². The van der Waals surface area contributed by atoms with E-state index in [2.05, 4.69) is 31.0 Å². The molecule has 1 heterocycles. The average Bonchev–Trinajstić information content (AvgIpc) is 2.91. The number of aliphatic hydroxyl groups is 1. The Morgan fingerprint density at radius 1 is 1.21 bits per heavy atom. The monoisotopic (exact) mass is 386 g/mol. The van der Waals surface area contributed by atoms with Gasteiger partial charge >= 0.3 is 5.97 Å². The number of carbonyl (C=O) groups excluding carboxylic acids is 1. The van der Waals surface area contributed by atoms with E-state index in [-0.39, 0.29) is 23.5 Å². The zero-order valence-electron chi connectivity index (χ0n) is 17.4. The lowest BCUT2D eigenvalue weighted by atomic mass is 9.66. The van der Waals surface area contributed by atoms with Crippen LogP contribution in [-0.2, 0) is 21.4 Å². The van der Waals surface area contributed by atoms with Crippen molar-refractivity contribution in [1.82, 2.24) is 10.2 Å². The Bertz CT molecular complexity index is 913. The molecule has 28 heavy (non-hydrogen) atoms. The van der Waals surface area contributed by atoms with Crippen molar-refractivity contribution in [1.29, 1.82) is 0 Å². The highest BCUT2D eigenvalue weighted by Crippen LogP contribution is 2.44. The molecule has 3 atom stereocenters. The number of nitrogens with one attached hydrogen (secondary N) is 2. The molecule has 3 rings (SSSR count). The highest BCUT2D eigenvalue weighted by atomic mass is 16.5. The average molecular weight is 386 g/mol. The van der Waals surface area contributed by atoms with E-state index in [0.717, 1.165) is 11.1 Å². The second kappa shape index (κ2) is 6.92. The van der Waals surface area contributed by atoms with Crippen molar-refractivity contribution in [3.05, 3.63) is 57.0 Å². The molecule has 0 radical (unpaired) electrons. The van der Waals surface area contributed by atoms with Gasteiger partial charge in [0.1, 0.15) is 0 Å². The third-order valence-corrected chi connectivity index (χ3v) is 5.49. The van der Waals surface area contributed by atoms with Gasteiger partial charge in [-0.25, -0.2) is 0 Å². The third-order valence-electron chi connectivity index (χ3n) is 5.49. The van der Waals surface area contributed by atoms with E-state index >= 15 is 0 Å². The number of ether oxygens (including phenoxy) is 1. The lowest BCUT2D eigenvalue weighted by molar-refractivity contribution is -0.163. The molecule has 6 nitrogen and oxygen atoms in total. The maximum absolute atomic E-state index is 13.0. The summed E-state index contributed by atoms with van der Waals surface area (Å²) in [5.41, 5.74) is 1.47. The maximum atomic E-state index is 13.0. The molecule has 0 unspecified atom stereocenters. The summed E-state index contributed by atoms with van der Waals surface area (Å²) in [6.45, 7) is 11.6. The quantitative estimate of drug-likeness (QED) is 0.707. The molecule has 0 bridgehead atoms. The summed E-state index contributed by atoms with van der Waals surface area (Å²) >= 11 is 0. The van der Waals surface area contributed by atoms with Gasteiger partial charge in [-0.05, 0) is 37.3 Å². The fourth-order valence-corrected chi connectivity index (χ4v) is 4.11. The summed E-state index contributed by atoms with van der Waals surface area (Å²) in [7, 11) is 0. The van der Waals surface area contributed by atoms with Crippen LogP contribution in [0.1, 0.15) is 69.8 Å². The molecule has 0 spiro atoms. The predicted molar refractivity (Wildman–Crippen MR) is 107 cm³/mol. The van der Waals surface area contributed by atoms with Gasteiger partial charge in [0, 0.05) is 23.6 Å². The highest BCUT2D eigenvalue weighted by Gasteiger charge is 2.51. The molecule has 2 aromatic rings. The second-order valence-corrected chi connectivity index (χ2v) is 9.32. The lowest BCUT2D eigenvalue weighted by Gasteiger charge is -2.40. The predicted octanol–water partition coefficient (Wildman–Crippen LogP) is 3.01. The van der Waals surface area contributed by atoms with Gasteiger partial charge < -0.3 is 14.9 Å². The van der Waals surface area contributed by atoms with Crippen LogP contribution in [0.25, 0.3) is 0 Å². The fourth-order valence-electron chi connectivity index (χ4n) is 4.11. The van der Waals surface area contributed by atoms with E-state index in [1.54, 1.807) is 20.8 Å². The molecule has 0 saturated carbocycles. The largest absolute Gasteiger partial charge is 0.463 e. The summed E-state index contributed by atoms with van der Waals surface area (Å²) in [5.74, 6) is -1.95. The van der Waals surface area contributed by atoms with Gasteiger partial charge in [-0.3, -0.25) is 14.7 Å². The first-order valence-electron chi connectivity index (χ1n) is 9.74. The van der Waals surface area contributed by atoms with Gasteiger partial charge in [0.05, 0.1) is 17.6 Å². The van der Waals surface area contributed by atoms with E-state index in [1.165, 1.54) is 0 Å². The van der Waals surface area contributed by atoms with Crippen LogP contribution in [0.3, 0.4) is 0 Å². The fraction of sp³-hybridized carbons (Fsp3) is 0.545. The summed E-state index contributed by atoms with van der Waals surface area (Å²) < 4.78 is 5.47. The van der Waals surface area contributed by atoms with Crippen molar-refractivity contribution >= 4 is 5.97 Å². The molecule has 1 aliphatic carbocycles. The number of benzene rings is 1. The zero-order chi connectivity index (χ0) is 20.9. The summed E-state index contributed by atoms with van der Waals surface area (Å²) in [6.07, 6.45) is -0.131. The van der Waals surface area contributed by atoms with Crippen molar-refractivity contribution in [2.24, 2.45) is 5.92 Å². The Kier molecular flexibility index (Phi) is 5.04. The Labute approximate surface area is 165 Å². The van der Waals surface area contributed by atoms with E-state index in [9.17, 15) is 14.7 Å². The van der Waals surface area contributed by atoms with Crippen molar-refractivity contribution < 1.29 is 14.6 Å². The lowest BCUT2D eigenvalue weighted by Crippen LogP contribution is -2.50. The number of hydrogen-bond acceptors (Lipinski definition) is 4. The Morgan fingerprint density at radius 2 is 1.82 bits per heavy atom. The Morgan fingerprint density at radius 3 is 2.36 bits per heavy atom. The molecule has 0 saturated heterocycles. The minimum Gasteiger partial charge on any atom is -0.463 e. The van der Waals surface area contributed by atoms with Crippen LogP contribution >= 0.6 is 0 Å². The second-order valence-electron chi connectivity index (χ2n) is 9.32. The topological polar surface area (TPSA) is 95.2 Å². The molecule has 1 aliphatic rings. The van der Waals surface area contributed by atoms with Crippen LogP contribution in [0.2, 0.25) is 0 Å². The summed E-state index contributed by atoms with van der Waals surface area (Å²) in [4.78, 5) is 25.5. The van der Waals surface area contributed by atoms with E-state index in [1.807, 2.05) is 24.3 Å². The first-order valence-corrected chi connectivity index (χ1v) is 9.74. The minimum absolute atomic E-state index is 0.0106. The van der Waals surface area contributed by atoms with Crippen LogP contribution in [0, 0.1) is 5.92 Å². The molecule has 0 fully saturated rings. The number of hydrogen-bond donors (Lipinski definition) is 3. The number of carbonyl (C=O) groups is 1. The van der Waals surface area contributed by atoms with Crippen LogP contribution in [0.4, 0.5) is 0 Å². The summed E-state index contributed by atoms with van der Waals surface area (Å²) in [6, 6.07) is 7.92. The van der Waals surface area contributed by atoms with Gasteiger partial charge in [-0.1, -0.05) is 45.0 Å². The number of rotatable bonds is 3. The number of esters is 1. The van der Waals surface area contributed by atoms with Gasteiger partial charge in [0.2, 0.25) is 0 Å². The Hall–Kier alpha value is -2.34. The molecular weight excluding hydrogens is 356 g/mol. The van der Waals surface area contributed by atoms with Crippen molar-refractivity contribution in [3.8, 4) is 0 Å². The van der Waals surface area contributed by atoms with Crippen LogP contribution in [0.15, 0.2) is 29.1 Å². The van der Waals surface area contributed by atoms with Crippen molar-refractivity contribution in [3.63, 3.8) is 0 Å². The standard InChI is InChI=1S/C22H30N2O4/c1-12(2)28-20(26)18-16(13-7-9-14(10-8-13)21(3,4)5)17-15(11-22(18,6)27)23-24-19(17)25/h7-10,12,16,18,27H,11H2,1-6H3,(H2,23,24,25)/t16-,18-,22-/m1/s1. The highest BCUT2D eigenvalue weighted by molar-refractivity contribution is 5.77. The van der Waals surface area contributed by atoms with E-state index in [0.29, 0.717) is 11.3 Å². The van der Waals surface area contributed by atoms with Gasteiger partial charge in [-0.2, -0.15) is 0 Å². The normalized spacial score (nSPS) is 24.9. The summed E-state index contributed by atoms with van der Waals surface area (Å²) in [5, 5.41) is 16.6. The number of aromatic amines is 2. The molecule has 6 heteroatoms. The Balaban J connectivity index is 2.15. The van der Waals surface area contributed by atoms with Gasteiger partial charge in [-0.15, -0.1) is 0 Å². The third kappa shape index (κ3) is 3.65. The molecule has 0 amide bonds. The number of fused-ring (bicyclic) bond motifs is 1.